The Morgan fingerprint density at radius 3 is 2.50 bits per heavy atom. The fraction of sp³-hybridized carbons (Fsp3) is 0.889. The molecule has 1 fully saturated rings. The van der Waals surface area contributed by atoms with Crippen molar-refractivity contribution in [2.45, 2.75) is 32.7 Å². The SMILES string of the molecule is CCOC(=O)CC1OC(C)N(C)N1C. The van der Waals surface area contributed by atoms with Crippen molar-refractivity contribution >= 4 is 5.97 Å². The molecule has 0 aliphatic carbocycles. The van der Waals surface area contributed by atoms with Gasteiger partial charge in [-0.15, -0.1) is 0 Å². The van der Waals surface area contributed by atoms with E-state index in [-0.39, 0.29) is 24.8 Å². The average Bonchev–Trinajstić information content (AvgIpc) is 2.34. The lowest BCUT2D eigenvalue weighted by atomic mass is 10.4. The van der Waals surface area contributed by atoms with Gasteiger partial charge in [0.1, 0.15) is 12.5 Å². The van der Waals surface area contributed by atoms with Gasteiger partial charge in [0.25, 0.3) is 0 Å². The second kappa shape index (κ2) is 4.72. The zero-order chi connectivity index (χ0) is 10.7. The van der Waals surface area contributed by atoms with Gasteiger partial charge in [0.2, 0.25) is 0 Å². The fourth-order valence-electron chi connectivity index (χ4n) is 1.41. The Balaban J connectivity index is 2.43. The van der Waals surface area contributed by atoms with E-state index in [4.69, 9.17) is 9.47 Å². The molecule has 1 aliphatic heterocycles. The van der Waals surface area contributed by atoms with Gasteiger partial charge in [-0.05, 0) is 13.8 Å². The number of hydrazine groups is 1. The summed E-state index contributed by atoms with van der Waals surface area (Å²) in [4.78, 5) is 11.2. The van der Waals surface area contributed by atoms with Crippen molar-refractivity contribution in [3.05, 3.63) is 0 Å². The van der Waals surface area contributed by atoms with Crippen molar-refractivity contribution in [2.24, 2.45) is 0 Å². The molecule has 14 heavy (non-hydrogen) atoms. The lowest BCUT2D eigenvalue weighted by molar-refractivity contribution is -0.148. The summed E-state index contributed by atoms with van der Waals surface area (Å²) in [6.07, 6.45) is 0.0902. The van der Waals surface area contributed by atoms with Crippen LogP contribution in [-0.2, 0) is 14.3 Å². The standard InChI is InChI=1S/C9H18N2O3/c1-5-13-9(12)6-8-11(4)10(3)7(2)14-8/h7-8H,5-6H2,1-4H3. The van der Waals surface area contributed by atoms with E-state index in [1.54, 1.807) is 6.92 Å². The molecule has 1 aliphatic rings. The largest absolute Gasteiger partial charge is 0.466 e. The van der Waals surface area contributed by atoms with Crippen LogP contribution in [0.2, 0.25) is 0 Å². The molecular formula is C9H18N2O3. The molecule has 1 saturated heterocycles. The zero-order valence-corrected chi connectivity index (χ0v) is 9.19. The van der Waals surface area contributed by atoms with E-state index in [0.717, 1.165) is 0 Å². The number of carbonyl (C=O) groups excluding carboxylic acids is 1. The number of nitrogens with zero attached hydrogens (tertiary/aromatic N) is 2. The number of rotatable bonds is 3. The molecule has 0 aromatic carbocycles. The minimum absolute atomic E-state index is 0.0134. The van der Waals surface area contributed by atoms with Gasteiger partial charge in [-0.2, -0.15) is 0 Å². The summed E-state index contributed by atoms with van der Waals surface area (Å²) in [6, 6.07) is 0. The molecule has 5 nitrogen and oxygen atoms in total. The molecule has 5 heteroatoms. The summed E-state index contributed by atoms with van der Waals surface area (Å²) < 4.78 is 10.4. The van der Waals surface area contributed by atoms with Gasteiger partial charge >= 0.3 is 5.97 Å². The smallest absolute Gasteiger partial charge is 0.309 e. The lowest BCUT2D eigenvalue weighted by Crippen LogP contribution is -2.38. The average molecular weight is 202 g/mol. The van der Waals surface area contributed by atoms with E-state index in [1.165, 1.54) is 0 Å². The fourth-order valence-corrected chi connectivity index (χ4v) is 1.41. The zero-order valence-electron chi connectivity index (χ0n) is 9.19. The van der Waals surface area contributed by atoms with Crippen molar-refractivity contribution in [3.8, 4) is 0 Å². The highest BCUT2D eigenvalue weighted by atomic mass is 16.6. The molecule has 0 radical (unpaired) electrons. The molecule has 0 N–H and O–H groups in total. The minimum Gasteiger partial charge on any atom is -0.466 e. The summed E-state index contributed by atoms with van der Waals surface area (Å²) in [5, 5.41) is 3.85. The number of carbonyl (C=O) groups is 1. The van der Waals surface area contributed by atoms with Crippen LogP contribution < -0.4 is 0 Å². The van der Waals surface area contributed by atoms with Crippen LogP contribution in [-0.4, -0.2) is 49.1 Å². The molecule has 0 bridgehead atoms. The summed E-state index contributed by atoms with van der Waals surface area (Å²) in [5.41, 5.74) is 0. The third-order valence-corrected chi connectivity index (χ3v) is 2.44. The Labute approximate surface area is 84.5 Å². The van der Waals surface area contributed by atoms with Gasteiger partial charge in [-0.25, -0.2) is 10.0 Å². The van der Waals surface area contributed by atoms with Crippen molar-refractivity contribution in [1.29, 1.82) is 0 Å². The summed E-state index contributed by atoms with van der Waals surface area (Å²) in [6.45, 7) is 4.16. The maximum absolute atomic E-state index is 11.2. The van der Waals surface area contributed by atoms with Crippen LogP contribution in [0.4, 0.5) is 0 Å². The highest BCUT2D eigenvalue weighted by Crippen LogP contribution is 2.20. The van der Waals surface area contributed by atoms with Gasteiger partial charge < -0.3 is 9.47 Å². The maximum atomic E-state index is 11.2. The van der Waals surface area contributed by atoms with E-state index in [9.17, 15) is 4.79 Å². The number of hydrogen-bond donors (Lipinski definition) is 0. The molecule has 2 atom stereocenters. The van der Waals surface area contributed by atoms with Gasteiger partial charge in [0.05, 0.1) is 13.0 Å². The van der Waals surface area contributed by atoms with Crippen LogP contribution in [0.3, 0.4) is 0 Å². The molecule has 0 aromatic rings. The van der Waals surface area contributed by atoms with Crippen LogP contribution in [0.1, 0.15) is 20.3 Å². The van der Waals surface area contributed by atoms with E-state index < -0.39 is 0 Å². The Morgan fingerprint density at radius 2 is 2.07 bits per heavy atom. The Kier molecular flexibility index (Phi) is 3.86. The van der Waals surface area contributed by atoms with Gasteiger partial charge in [0.15, 0.2) is 0 Å². The lowest BCUT2D eigenvalue weighted by Gasteiger charge is -2.22. The molecule has 0 aromatic heterocycles. The Hall–Kier alpha value is -0.650. The summed E-state index contributed by atoms with van der Waals surface area (Å²) in [5.74, 6) is -0.216. The molecular weight excluding hydrogens is 184 g/mol. The predicted octanol–water partition coefficient (Wildman–Crippen LogP) is 0.420. The number of hydrogen-bond acceptors (Lipinski definition) is 5. The second-order valence-electron chi connectivity index (χ2n) is 3.35. The van der Waals surface area contributed by atoms with E-state index >= 15 is 0 Å². The number of ether oxygens (including phenoxy) is 2. The van der Waals surface area contributed by atoms with Crippen LogP contribution in [0, 0.1) is 0 Å². The van der Waals surface area contributed by atoms with E-state index in [2.05, 4.69) is 0 Å². The van der Waals surface area contributed by atoms with Crippen molar-refractivity contribution < 1.29 is 14.3 Å². The predicted molar refractivity (Wildman–Crippen MR) is 51.1 cm³/mol. The van der Waals surface area contributed by atoms with Crippen LogP contribution in [0.25, 0.3) is 0 Å². The first kappa shape index (κ1) is 11.4. The van der Waals surface area contributed by atoms with Gasteiger partial charge in [-0.3, -0.25) is 4.79 Å². The van der Waals surface area contributed by atoms with E-state index in [0.29, 0.717) is 6.61 Å². The molecule has 2 unspecified atom stereocenters. The van der Waals surface area contributed by atoms with Crippen LogP contribution in [0.15, 0.2) is 0 Å². The minimum atomic E-state index is -0.216. The topological polar surface area (TPSA) is 42.0 Å². The molecule has 0 saturated carbocycles. The normalized spacial score (nSPS) is 29.4. The maximum Gasteiger partial charge on any atom is 0.309 e. The van der Waals surface area contributed by atoms with E-state index in [1.807, 2.05) is 31.0 Å². The highest BCUT2D eigenvalue weighted by Gasteiger charge is 2.34. The highest BCUT2D eigenvalue weighted by molar-refractivity contribution is 5.69. The third-order valence-electron chi connectivity index (χ3n) is 2.44. The molecule has 0 spiro atoms. The molecule has 1 rings (SSSR count). The first-order valence-corrected chi connectivity index (χ1v) is 4.83. The Bertz CT molecular complexity index is 210. The van der Waals surface area contributed by atoms with Crippen molar-refractivity contribution in [1.82, 2.24) is 10.0 Å². The van der Waals surface area contributed by atoms with Gasteiger partial charge in [0, 0.05) is 14.1 Å². The van der Waals surface area contributed by atoms with Crippen LogP contribution >= 0.6 is 0 Å². The number of esters is 1. The van der Waals surface area contributed by atoms with Crippen molar-refractivity contribution in [2.75, 3.05) is 20.7 Å². The monoisotopic (exact) mass is 202 g/mol. The van der Waals surface area contributed by atoms with Crippen molar-refractivity contribution in [3.63, 3.8) is 0 Å². The summed E-state index contributed by atoms with van der Waals surface area (Å²) >= 11 is 0. The second-order valence-corrected chi connectivity index (χ2v) is 3.35. The van der Waals surface area contributed by atoms with Gasteiger partial charge in [-0.1, -0.05) is 0 Å². The first-order chi connectivity index (χ1) is 6.56. The molecule has 0 amide bonds. The molecule has 82 valence electrons. The Morgan fingerprint density at radius 1 is 1.43 bits per heavy atom. The van der Waals surface area contributed by atoms with Crippen LogP contribution in [0.5, 0.6) is 0 Å². The summed E-state index contributed by atoms with van der Waals surface area (Å²) in [7, 11) is 3.82. The third kappa shape index (κ3) is 2.43. The first-order valence-electron chi connectivity index (χ1n) is 4.83. The quantitative estimate of drug-likeness (QED) is 0.620. The molecule has 1 heterocycles.